The van der Waals surface area contributed by atoms with Crippen LogP contribution in [0.15, 0.2) is 24.3 Å². The Morgan fingerprint density at radius 3 is 2.65 bits per heavy atom. The van der Waals surface area contributed by atoms with E-state index in [2.05, 4.69) is 36.5 Å². The summed E-state index contributed by atoms with van der Waals surface area (Å²) in [7, 11) is 3.43. The zero-order valence-corrected chi connectivity index (χ0v) is 12.0. The highest BCUT2D eigenvalue weighted by molar-refractivity contribution is 8.76. The number of rotatable bonds is 7. The molecule has 2 nitrogen and oxygen atoms in total. The van der Waals surface area contributed by atoms with Crippen LogP contribution in [-0.2, 0) is 11.2 Å². The van der Waals surface area contributed by atoms with Crippen LogP contribution in [0.25, 0.3) is 0 Å². The summed E-state index contributed by atoms with van der Waals surface area (Å²) in [6, 6.07) is 8.44. The van der Waals surface area contributed by atoms with E-state index in [1.807, 2.05) is 6.26 Å². The summed E-state index contributed by atoms with van der Waals surface area (Å²) in [6.45, 7) is 2.81. The summed E-state index contributed by atoms with van der Waals surface area (Å²) in [5, 5.41) is 2.94. The van der Waals surface area contributed by atoms with Gasteiger partial charge in [0.15, 0.2) is 0 Å². The number of carbonyl (C=O) groups excluding carboxylic acids is 1. The second-order valence-corrected chi connectivity index (χ2v) is 6.51. The van der Waals surface area contributed by atoms with E-state index in [4.69, 9.17) is 0 Å². The lowest BCUT2D eigenvalue weighted by Crippen LogP contribution is -2.25. The van der Waals surface area contributed by atoms with Gasteiger partial charge in [0.05, 0.1) is 0 Å². The molecule has 0 aliphatic carbocycles. The maximum absolute atomic E-state index is 11.4. The van der Waals surface area contributed by atoms with Gasteiger partial charge in [-0.25, -0.2) is 0 Å². The average molecular weight is 269 g/mol. The molecule has 0 heterocycles. The molecular formula is C13H19NOS2. The van der Waals surface area contributed by atoms with Gasteiger partial charge >= 0.3 is 0 Å². The molecule has 0 unspecified atom stereocenters. The first-order valence-electron chi connectivity index (χ1n) is 5.70. The number of carbonyl (C=O) groups is 1. The van der Waals surface area contributed by atoms with Crippen LogP contribution in [-0.4, -0.2) is 24.5 Å². The molecule has 4 heteroatoms. The first-order chi connectivity index (χ1) is 8.22. The van der Waals surface area contributed by atoms with Crippen molar-refractivity contribution in [3.8, 4) is 0 Å². The predicted molar refractivity (Wildman–Crippen MR) is 78.5 cm³/mol. The highest BCUT2D eigenvalue weighted by Gasteiger charge is 2.00. The lowest BCUT2D eigenvalue weighted by Gasteiger charge is -2.05. The van der Waals surface area contributed by atoms with Gasteiger partial charge in [-0.1, -0.05) is 51.4 Å². The molecule has 0 aliphatic rings. The second kappa shape index (κ2) is 8.48. The van der Waals surface area contributed by atoms with Crippen LogP contribution >= 0.6 is 21.6 Å². The number of aryl methyl sites for hydroxylation is 1. The highest BCUT2D eigenvalue weighted by Crippen LogP contribution is 2.17. The van der Waals surface area contributed by atoms with Crippen molar-refractivity contribution in [1.29, 1.82) is 0 Å². The number of nitrogens with one attached hydrogen (secondary N) is 1. The smallest absolute Gasteiger partial charge is 0.220 e. The SMILES string of the molecule is CSSCCC(=O)NCCc1ccc(C)cc1. The number of hydrogen-bond donors (Lipinski definition) is 1. The molecule has 94 valence electrons. The zero-order chi connectivity index (χ0) is 12.5. The van der Waals surface area contributed by atoms with Crippen molar-refractivity contribution in [2.24, 2.45) is 0 Å². The largest absolute Gasteiger partial charge is 0.356 e. The van der Waals surface area contributed by atoms with E-state index in [0.29, 0.717) is 6.42 Å². The van der Waals surface area contributed by atoms with E-state index in [0.717, 1.165) is 18.7 Å². The normalized spacial score (nSPS) is 10.2. The molecule has 0 aliphatic heterocycles. The van der Waals surface area contributed by atoms with Gasteiger partial charge in [0.25, 0.3) is 0 Å². The molecular weight excluding hydrogens is 250 g/mol. The molecule has 1 aromatic rings. The first-order valence-corrected chi connectivity index (χ1v) is 8.43. The van der Waals surface area contributed by atoms with Crippen molar-refractivity contribution in [2.45, 2.75) is 19.8 Å². The van der Waals surface area contributed by atoms with Crippen molar-refractivity contribution >= 4 is 27.5 Å². The van der Waals surface area contributed by atoms with E-state index in [-0.39, 0.29) is 5.91 Å². The fourth-order valence-electron chi connectivity index (χ4n) is 1.41. The van der Waals surface area contributed by atoms with Crippen molar-refractivity contribution in [3.63, 3.8) is 0 Å². The number of benzene rings is 1. The quantitative estimate of drug-likeness (QED) is 0.609. The first kappa shape index (κ1) is 14.5. The minimum atomic E-state index is 0.152. The fourth-order valence-corrected chi connectivity index (χ4v) is 2.59. The van der Waals surface area contributed by atoms with E-state index in [1.165, 1.54) is 11.1 Å². The zero-order valence-electron chi connectivity index (χ0n) is 10.4. The van der Waals surface area contributed by atoms with Gasteiger partial charge in [0.2, 0.25) is 5.91 Å². The van der Waals surface area contributed by atoms with Gasteiger partial charge in [0, 0.05) is 18.7 Å². The van der Waals surface area contributed by atoms with Gasteiger partial charge in [-0.15, -0.1) is 0 Å². The lowest BCUT2D eigenvalue weighted by atomic mass is 10.1. The average Bonchev–Trinajstić information content (AvgIpc) is 2.32. The molecule has 0 atom stereocenters. The van der Waals surface area contributed by atoms with Crippen molar-refractivity contribution in [1.82, 2.24) is 5.32 Å². The van der Waals surface area contributed by atoms with Crippen LogP contribution in [0, 0.1) is 6.92 Å². The number of hydrogen-bond acceptors (Lipinski definition) is 3. The molecule has 0 spiro atoms. The van der Waals surface area contributed by atoms with Crippen molar-refractivity contribution in [3.05, 3.63) is 35.4 Å². The maximum atomic E-state index is 11.4. The van der Waals surface area contributed by atoms with Gasteiger partial charge in [-0.3, -0.25) is 4.79 Å². The Hall–Kier alpha value is -0.610. The van der Waals surface area contributed by atoms with Crippen LogP contribution in [0.3, 0.4) is 0 Å². The summed E-state index contributed by atoms with van der Waals surface area (Å²) < 4.78 is 0. The third kappa shape index (κ3) is 6.64. The van der Waals surface area contributed by atoms with Gasteiger partial charge in [0.1, 0.15) is 0 Å². The summed E-state index contributed by atoms with van der Waals surface area (Å²) in [6.07, 6.45) is 3.54. The van der Waals surface area contributed by atoms with Gasteiger partial charge < -0.3 is 5.32 Å². The Kier molecular flexibility index (Phi) is 7.21. The van der Waals surface area contributed by atoms with E-state index in [9.17, 15) is 4.79 Å². The third-order valence-electron chi connectivity index (χ3n) is 2.39. The molecule has 1 aromatic carbocycles. The Labute approximate surface area is 111 Å². The minimum Gasteiger partial charge on any atom is -0.356 e. The summed E-state index contributed by atoms with van der Waals surface area (Å²) in [4.78, 5) is 11.4. The summed E-state index contributed by atoms with van der Waals surface area (Å²) in [5.74, 6) is 1.04. The molecule has 0 radical (unpaired) electrons. The van der Waals surface area contributed by atoms with Gasteiger partial charge in [-0.2, -0.15) is 0 Å². The van der Waals surface area contributed by atoms with E-state index >= 15 is 0 Å². The Morgan fingerprint density at radius 2 is 2.00 bits per heavy atom. The Balaban J connectivity index is 2.14. The third-order valence-corrected chi connectivity index (χ3v) is 4.20. The molecule has 0 bridgehead atoms. The molecule has 0 saturated heterocycles. The fraction of sp³-hybridized carbons (Fsp3) is 0.462. The van der Waals surface area contributed by atoms with Crippen LogP contribution in [0.1, 0.15) is 17.5 Å². The summed E-state index contributed by atoms with van der Waals surface area (Å²) >= 11 is 0. The molecule has 0 fully saturated rings. The minimum absolute atomic E-state index is 0.152. The molecule has 0 saturated carbocycles. The highest BCUT2D eigenvalue weighted by atomic mass is 33.1. The van der Waals surface area contributed by atoms with E-state index in [1.54, 1.807) is 21.6 Å². The Morgan fingerprint density at radius 1 is 1.29 bits per heavy atom. The monoisotopic (exact) mass is 269 g/mol. The second-order valence-electron chi connectivity index (χ2n) is 3.82. The topological polar surface area (TPSA) is 29.1 Å². The van der Waals surface area contributed by atoms with Crippen molar-refractivity contribution < 1.29 is 4.79 Å². The standard InChI is InChI=1S/C13H19NOS2/c1-11-3-5-12(6-4-11)7-9-14-13(15)8-10-17-16-2/h3-6H,7-10H2,1-2H3,(H,14,15). The lowest BCUT2D eigenvalue weighted by molar-refractivity contribution is -0.120. The summed E-state index contributed by atoms with van der Waals surface area (Å²) in [5.41, 5.74) is 2.54. The van der Waals surface area contributed by atoms with Crippen LogP contribution in [0.5, 0.6) is 0 Å². The molecule has 1 rings (SSSR count). The van der Waals surface area contributed by atoms with Crippen molar-refractivity contribution in [2.75, 3.05) is 18.6 Å². The predicted octanol–water partition coefficient (Wildman–Crippen LogP) is 3.06. The Bertz CT molecular complexity index is 338. The van der Waals surface area contributed by atoms with Crippen LogP contribution in [0.4, 0.5) is 0 Å². The molecule has 1 amide bonds. The number of amides is 1. The molecule has 1 N–H and O–H groups in total. The van der Waals surface area contributed by atoms with Gasteiger partial charge in [-0.05, 0) is 25.2 Å². The molecule has 17 heavy (non-hydrogen) atoms. The van der Waals surface area contributed by atoms with Crippen LogP contribution in [0.2, 0.25) is 0 Å². The van der Waals surface area contributed by atoms with E-state index < -0.39 is 0 Å². The van der Waals surface area contributed by atoms with Crippen LogP contribution < -0.4 is 5.32 Å². The maximum Gasteiger partial charge on any atom is 0.220 e. The molecule has 0 aromatic heterocycles.